The molecule has 1 amide bonds. The van der Waals surface area contributed by atoms with Gasteiger partial charge in [-0.05, 0) is 18.2 Å². The van der Waals surface area contributed by atoms with Crippen LogP contribution in [-0.2, 0) is 13.1 Å². The molecule has 1 aliphatic rings. The quantitative estimate of drug-likeness (QED) is 0.629. The molecule has 0 aliphatic carbocycles. The molecule has 162 valence electrons. The zero-order chi connectivity index (χ0) is 21.6. The van der Waals surface area contributed by atoms with Gasteiger partial charge in [0.25, 0.3) is 5.91 Å². The largest absolute Gasteiger partial charge is 0.497 e. The van der Waals surface area contributed by atoms with E-state index in [1.54, 1.807) is 25.3 Å². The minimum Gasteiger partial charge on any atom is -0.497 e. The molecule has 1 fully saturated rings. The maximum absolute atomic E-state index is 13.7. The first-order chi connectivity index (χ1) is 15.1. The lowest BCUT2D eigenvalue weighted by molar-refractivity contribution is 0.0945. The second-order valence-corrected chi connectivity index (χ2v) is 7.37. The van der Waals surface area contributed by atoms with Crippen LogP contribution in [0.25, 0.3) is 0 Å². The molecule has 0 unspecified atom stereocenters. The minimum atomic E-state index is -0.388. The topological polar surface area (TPSA) is 70.8 Å². The molecule has 31 heavy (non-hydrogen) atoms. The predicted octanol–water partition coefficient (Wildman–Crippen LogP) is 3.07. The van der Waals surface area contributed by atoms with Crippen molar-refractivity contribution in [2.45, 2.75) is 13.1 Å². The van der Waals surface area contributed by atoms with Gasteiger partial charge in [0, 0.05) is 50.0 Å². The average Bonchev–Trinajstić information content (AvgIpc) is 3.27. The van der Waals surface area contributed by atoms with E-state index in [1.165, 1.54) is 12.3 Å². The van der Waals surface area contributed by atoms with Crippen LogP contribution in [0.1, 0.15) is 21.9 Å². The van der Waals surface area contributed by atoms with E-state index in [0.29, 0.717) is 18.0 Å². The Hall–Kier alpha value is -3.39. The number of nitrogens with one attached hydrogen (secondary N) is 1. The Morgan fingerprint density at radius 2 is 1.97 bits per heavy atom. The van der Waals surface area contributed by atoms with Crippen molar-refractivity contribution in [3.63, 3.8) is 0 Å². The molecular weight excluding hydrogens is 399 g/mol. The summed E-state index contributed by atoms with van der Waals surface area (Å²) in [6.45, 7) is 4.10. The maximum atomic E-state index is 13.7. The fourth-order valence-electron chi connectivity index (χ4n) is 3.56. The van der Waals surface area contributed by atoms with Gasteiger partial charge in [-0.1, -0.05) is 24.3 Å². The van der Waals surface area contributed by atoms with E-state index < -0.39 is 0 Å². The number of oxazole rings is 1. The summed E-state index contributed by atoms with van der Waals surface area (Å²) in [5.74, 6) is 0.601. The van der Waals surface area contributed by atoms with Crippen molar-refractivity contribution in [1.82, 2.24) is 15.2 Å². The molecule has 4 rings (SSSR count). The Balaban J connectivity index is 1.27. The van der Waals surface area contributed by atoms with Gasteiger partial charge in [0.15, 0.2) is 5.69 Å². The highest BCUT2D eigenvalue weighted by Crippen LogP contribution is 2.22. The van der Waals surface area contributed by atoms with Crippen LogP contribution in [0.5, 0.6) is 5.75 Å². The van der Waals surface area contributed by atoms with Gasteiger partial charge in [0.2, 0.25) is 5.89 Å². The fraction of sp³-hybridized carbons (Fsp3) is 0.304. The van der Waals surface area contributed by atoms with E-state index in [2.05, 4.69) is 26.2 Å². The number of amides is 1. The number of carbonyl (C=O) groups is 1. The molecule has 0 radical (unpaired) electrons. The first-order valence-corrected chi connectivity index (χ1v) is 10.2. The number of anilines is 1. The first kappa shape index (κ1) is 20.9. The van der Waals surface area contributed by atoms with Crippen LogP contribution in [0.2, 0.25) is 0 Å². The van der Waals surface area contributed by atoms with Crippen molar-refractivity contribution in [3.8, 4) is 5.75 Å². The van der Waals surface area contributed by atoms with Crippen LogP contribution in [0.3, 0.4) is 0 Å². The number of hydrogen-bond donors (Lipinski definition) is 1. The molecule has 3 aromatic rings. The second-order valence-electron chi connectivity index (χ2n) is 7.37. The molecular formula is C23H25FN4O3. The highest BCUT2D eigenvalue weighted by molar-refractivity contribution is 5.91. The number of benzene rings is 2. The number of piperazine rings is 1. The smallest absolute Gasteiger partial charge is 0.273 e. The second kappa shape index (κ2) is 9.61. The molecule has 0 bridgehead atoms. The van der Waals surface area contributed by atoms with Gasteiger partial charge in [0.05, 0.1) is 13.7 Å². The van der Waals surface area contributed by atoms with E-state index in [9.17, 15) is 9.18 Å². The summed E-state index contributed by atoms with van der Waals surface area (Å²) in [7, 11) is 1.67. The Morgan fingerprint density at radius 3 is 2.74 bits per heavy atom. The van der Waals surface area contributed by atoms with Gasteiger partial charge >= 0.3 is 0 Å². The fourth-order valence-corrected chi connectivity index (χ4v) is 3.56. The summed E-state index contributed by atoms with van der Waals surface area (Å²) < 4.78 is 24.5. The molecule has 7 nitrogen and oxygen atoms in total. The first-order valence-electron chi connectivity index (χ1n) is 10.2. The average molecular weight is 424 g/mol. The van der Waals surface area contributed by atoms with E-state index >= 15 is 0 Å². The zero-order valence-electron chi connectivity index (χ0n) is 17.4. The van der Waals surface area contributed by atoms with Crippen molar-refractivity contribution in [2.24, 2.45) is 0 Å². The summed E-state index contributed by atoms with van der Waals surface area (Å²) in [6, 6.07) is 14.4. The third-order valence-electron chi connectivity index (χ3n) is 5.33. The summed E-state index contributed by atoms with van der Waals surface area (Å²) in [4.78, 5) is 21.2. The highest BCUT2D eigenvalue weighted by Gasteiger charge is 2.20. The summed E-state index contributed by atoms with van der Waals surface area (Å²) in [6.07, 6.45) is 1.35. The van der Waals surface area contributed by atoms with Crippen molar-refractivity contribution in [3.05, 3.63) is 77.8 Å². The minimum absolute atomic E-state index is 0.0972. The highest BCUT2D eigenvalue weighted by atomic mass is 19.1. The molecule has 2 heterocycles. The lowest BCUT2D eigenvalue weighted by Gasteiger charge is -2.35. The van der Waals surface area contributed by atoms with Gasteiger partial charge in [0.1, 0.15) is 17.8 Å². The molecule has 1 N–H and O–H groups in total. The Labute approximate surface area is 180 Å². The maximum Gasteiger partial charge on any atom is 0.273 e. The molecule has 0 saturated carbocycles. The lowest BCUT2D eigenvalue weighted by Crippen LogP contribution is -2.46. The molecule has 0 spiro atoms. The van der Waals surface area contributed by atoms with Gasteiger partial charge < -0.3 is 19.4 Å². The Bertz CT molecular complexity index is 1030. The van der Waals surface area contributed by atoms with Crippen LogP contribution in [-0.4, -0.2) is 49.1 Å². The Morgan fingerprint density at radius 1 is 1.16 bits per heavy atom. The van der Waals surface area contributed by atoms with Crippen LogP contribution in [0.15, 0.2) is 59.2 Å². The van der Waals surface area contributed by atoms with E-state index in [4.69, 9.17) is 9.15 Å². The normalized spacial score (nSPS) is 14.5. The predicted molar refractivity (Wildman–Crippen MR) is 115 cm³/mol. The lowest BCUT2D eigenvalue weighted by atomic mass is 10.2. The standard InChI is InChI=1S/C23H25FN4O3/c1-30-19-7-4-6-18(13-19)28-11-9-27(10-12-28)15-22-26-21(16-31-22)23(29)25-14-17-5-2-3-8-20(17)24/h2-8,13,16H,9-12,14-15H2,1H3,(H,25,29). The van der Waals surface area contributed by atoms with Gasteiger partial charge in [-0.3, -0.25) is 9.69 Å². The van der Waals surface area contributed by atoms with Crippen molar-refractivity contribution < 1.29 is 18.3 Å². The number of ether oxygens (including phenoxy) is 1. The van der Waals surface area contributed by atoms with E-state index in [1.807, 2.05) is 18.2 Å². The zero-order valence-corrected chi connectivity index (χ0v) is 17.4. The molecule has 0 atom stereocenters. The van der Waals surface area contributed by atoms with Gasteiger partial charge in [-0.2, -0.15) is 0 Å². The van der Waals surface area contributed by atoms with Gasteiger partial charge in [-0.25, -0.2) is 9.37 Å². The number of halogens is 1. The third-order valence-corrected chi connectivity index (χ3v) is 5.33. The molecule has 1 aliphatic heterocycles. The number of carbonyl (C=O) groups excluding carboxylic acids is 1. The summed E-state index contributed by atoms with van der Waals surface area (Å²) >= 11 is 0. The SMILES string of the molecule is COc1cccc(N2CCN(Cc3nc(C(=O)NCc4ccccc4F)co3)CC2)c1. The van der Waals surface area contributed by atoms with Gasteiger partial charge in [-0.15, -0.1) is 0 Å². The number of hydrogen-bond acceptors (Lipinski definition) is 6. The Kier molecular flexibility index (Phi) is 6.47. The van der Waals surface area contributed by atoms with Crippen LogP contribution >= 0.6 is 0 Å². The number of methoxy groups -OCH3 is 1. The monoisotopic (exact) mass is 424 g/mol. The molecule has 1 aromatic heterocycles. The van der Waals surface area contributed by atoms with Crippen molar-refractivity contribution >= 4 is 11.6 Å². The van der Waals surface area contributed by atoms with Crippen LogP contribution in [0, 0.1) is 5.82 Å². The number of aromatic nitrogens is 1. The van der Waals surface area contributed by atoms with Crippen LogP contribution in [0.4, 0.5) is 10.1 Å². The summed E-state index contributed by atoms with van der Waals surface area (Å²) in [5, 5.41) is 2.67. The van der Waals surface area contributed by atoms with E-state index in [0.717, 1.165) is 37.6 Å². The molecule has 1 saturated heterocycles. The van der Waals surface area contributed by atoms with Crippen molar-refractivity contribution in [1.29, 1.82) is 0 Å². The molecule has 2 aromatic carbocycles. The number of nitrogens with zero attached hydrogens (tertiary/aromatic N) is 3. The van der Waals surface area contributed by atoms with Crippen LogP contribution < -0.4 is 15.0 Å². The van der Waals surface area contributed by atoms with E-state index in [-0.39, 0.29) is 24.0 Å². The number of rotatable bonds is 7. The third kappa shape index (κ3) is 5.21. The summed E-state index contributed by atoms with van der Waals surface area (Å²) in [5.41, 5.74) is 1.76. The van der Waals surface area contributed by atoms with Crippen molar-refractivity contribution in [2.75, 3.05) is 38.2 Å². The molecule has 8 heteroatoms.